The topological polar surface area (TPSA) is 26.0 Å². The monoisotopic (exact) mass is 175 g/mol. The first-order valence-electron chi connectivity index (χ1n) is 4.34. The third-order valence-electron chi connectivity index (χ3n) is 3.12. The van der Waals surface area contributed by atoms with Crippen LogP contribution in [-0.2, 0) is 0 Å². The van der Waals surface area contributed by atoms with Crippen LogP contribution in [0.25, 0.3) is 0 Å². The zero-order valence-corrected chi connectivity index (χ0v) is 8.36. The van der Waals surface area contributed by atoms with E-state index in [-0.39, 0.29) is 0 Å². The molecule has 1 saturated carbocycles. The molecule has 0 saturated heterocycles. The molecule has 1 aliphatic carbocycles. The van der Waals surface area contributed by atoms with E-state index in [2.05, 4.69) is 20.8 Å². The van der Waals surface area contributed by atoms with Gasteiger partial charge in [0.25, 0.3) is 0 Å². The number of halogens is 1. The van der Waals surface area contributed by atoms with Gasteiger partial charge in [0, 0.05) is 5.38 Å². The molecular weight excluding hydrogens is 158 g/mol. The molecule has 1 nitrogen and oxygen atoms in total. The molecular formula is C9H18ClN. The maximum atomic E-state index is 5.92. The van der Waals surface area contributed by atoms with Crippen LogP contribution >= 0.6 is 11.6 Å². The van der Waals surface area contributed by atoms with Crippen LogP contribution in [-0.4, -0.2) is 11.9 Å². The fraction of sp³-hybridized carbons (Fsp3) is 1.00. The van der Waals surface area contributed by atoms with Crippen molar-refractivity contribution in [1.29, 1.82) is 0 Å². The van der Waals surface area contributed by atoms with Gasteiger partial charge in [0.05, 0.1) is 0 Å². The number of hydrogen-bond donors (Lipinski definition) is 1. The predicted octanol–water partition coefficient (Wildman–Crippen LogP) is 2.23. The Kier molecular flexibility index (Phi) is 2.50. The smallest absolute Gasteiger partial charge is 0.0310 e. The summed E-state index contributed by atoms with van der Waals surface area (Å²) >= 11 is 5.92. The van der Waals surface area contributed by atoms with Crippen LogP contribution in [0.2, 0.25) is 0 Å². The fourth-order valence-corrected chi connectivity index (χ4v) is 2.34. The second-order valence-corrected chi connectivity index (χ2v) is 5.03. The van der Waals surface area contributed by atoms with Gasteiger partial charge in [-0.2, -0.15) is 0 Å². The average molecular weight is 176 g/mol. The Hall–Kier alpha value is 0.250. The Morgan fingerprint density at radius 1 is 1.45 bits per heavy atom. The van der Waals surface area contributed by atoms with Crippen molar-refractivity contribution in [2.45, 2.75) is 32.6 Å². The summed E-state index contributed by atoms with van der Waals surface area (Å²) in [7, 11) is 0. The van der Waals surface area contributed by atoms with E-state index in [1.165, 1.54) is 0 Å². The molecule has 0 heterocycles. The van der Waals surface area contributed by atoms with Crippen LogP contribution in [0, 0.1) is 17.3 Å². The maximum absolute atomic E-state index is 5.92. The number of rotatable bonds is 3. The van der Waals surface area contributed by atoms with Crippen LogP contribution in [0.1, 0.15) is 27.2 Å². The number of nitrogens with two attached hydrogens (primary N) is 1. The molecule has 1 aliphatic rings. The van der Waals surface area contributed by atoms with Gasteiger partial charge >= 0.3 is 0 Å². The molecule has 0 radical (unpaired) electrons. The zero-order valence-electron chi connectivity index (χ0n) is 7.60. The molecule has 66 valence electrons. The van der Waals surface area contributed by atoms with Crippen LogP contribution in [0.15, 0.2) is 0 Å². The van der Waals surface area contributed by atoms with Gasteiger partial charge in [-0.05, 0) is 37.1 Å². The lowest BCUT2D eigenvalue weighted by molar-refractivity contribution is 0.521. The molecule has 11 heavy (non-hydrogen) atoms. The molecule has 0 aromatic rings. The third-order valence-corrected chi connectivity index (χ3v) is 3.30. The summed E-state index contributed by atoms with van der Waals surface area (Å²) in [6.07, 6.45) is 1.12. The SMILES string of the molecule is C[C@@H](Cl)C[C@H]1[C@H](CN)C1(C)C. The van der Waals surface area contributed by atoms with Gasteiger partial charge in [-0.1, -0.05) is 13.8 Å². The van der Waals surface area contributed by atoms with E-state index < -0.39 is 0 Å². The van der Waals surface area contributed by atoms with E-state index in [1.807, 2.05) is 0 Å². The van der Waals surface area contributed by atoms with Crippen LogP contribution < -0.4 is 5.73 Å². The van der Waals surface area contributed by atoms with E-state index in [0.717, 1.165) is 18.9 Å². The molecule has 3 atom stereocenters. The Bertz CT molecular complexity index is 142. The average Bonchev–Trinajstić information content (AvgIpc) is 2.33. The summed E-state index contributed by atoms with van der Waals surface area (Å²) in [4.78, 5) is 0. The highest BCUT2D eigenvalue weighted by Gasteiger charge is 2.56. The van der Waals surface area contributed by atoms with E-state index in [1.54, 1.807) is 0 Å². The molecule has 0 aliphatic heterocycles. The van der Waals surface area contributed by atoms with Crippen molar-refractivity contribution >= 4 is 11.6 Å². The second-order valence-electron chi connectivity index (χ2n) is 4.29. The number of hydrogen-bond acceptors (Lipinski definition) is 1. The Morgan fingerprint density at radius 3 is 2.27 bits per heavy atom. The van der Waals surface area contributed by atoms with Crippen LogP contribution in [0.3, 0.4) is 0 Å². The summed E-state index contributed by atoms with van der Waals surface area (Å²) in [6, 6.07) is 0. The van der Waals surface area contributed by atoms with Crippen molar-refractivity contribution in [3.05, 3.63) is 0 Å². The van der Waals surface area contributed by atoms with Crippen molar-refractivity contribution in [2.24, 2.45) is 23.0 Å². The standard InChI is InChI=1S/C9H18ClN/c1-6(10)4-7-8(5-11)9(7,2)3/h6-8H,4-5,11H2,1-3H3/t6-,7+,8+/m1/s1. The quantitative estimate of drug-likeness (QED) is 0.655. The van der Waals surface area contributed by atoms with Gasteiger partial charge in [0.1, 0.15) is 0 Å². The van der Waals surface area contributed by atoms with Crippen LogP contribution in [0.4, 0.5) is 0 Å². The minimum Gasteiger partial charge on any atom is -0.330 e. The summed E-state index contributed by atoms with van der Waals surface area (Å²) in [5.41, 5.74) is 6.09. The molecule has 0 aromatic heterocycles. The Labute approximate surface area is 74.3 Å². The van der Waals surface area contributed by atoms with Gasteiger partial charge in [-0.25, -0.2) is 0 Å². The molecule has 2 heteroatoms. The molecule has 1 rings (SSSR count). The lowest BCUT2D eigenvalue weighted by Gasteiger charge is -2.03. The van der Waals surface area contributed by atoms with Gasteiger partial charge in [0.2, 0.25) is 0 Å². The highest BCUT2D eigenvalue weighted by Crippen LogP contribution is 2.59. The first-order chi connectivity index (χ1) is 5.00. The lowest BCUT2D eigenvalue weighted by Crippen LogP contribution is -2.05. The number of alkyl halides is 1. The fourth-order valence-electron chi connectivity index (χ4n) is 2.14. The summed E-state index contributed by atoms with van der Waals surface area (Å²) < 4.78 is 0. The van der Waals surface area contributed by atoms with Gasteiger partial charge < -0.3 is 5.73 Å². The van der Waals surface area contributed by atoms with Gasteiger partial charge in [-0.15, -0.1) is 11.6 Å². The van der Waals surface area contributed by atoms with Gasteiger partial charge in [0.15, 0.2) is 0 Å². The Morgan fingerprint density at radius 2 is 2.00 bits per heavy atom. The predicted molar refractivity (Wildman–Crippen MR) is 49.7 cm³/mol. The van der Waals surface area contributed by atoms with E-state index in [0.29, 0.717) is 16.7 Å². The van der Waals surface area contributed by atoms with Crippen molar-refractivity contribution < 1.29 is 0 Å². The molecule has 0 spiro atoms. The van der Waals surface area contributed by atoms with Crippen molar-refractivity contribution in [2.75, 3.05) is 6.54 Å². The Balaban J connectivity index is 2.39. The minimum atomic E-state index is 0.302. The first kappa shape index (κ1) is 9.34. The molecule has 0 amide bonds. The minimum absolute atomic E-state index is 0.302. The molecule has 0 aromatic carbocycles. The normalized spacial score (nSPS) is 36.8. The summed E-state index contributed by atoms with van der Waals surface area (Å²) in [6.45, 7) is 7.45. The molecule has 0 bridgehead atoms. The van der Waals surface area contributed by atoms with Crippen molar-refractivity contribution in [3.8, 4) is 0 Å². The van der Waals surface area contributed by atoms with Crippen molar-refractivity contribution in [1.82, 2.24) is 0 Å². The third kappa shape index (κ3) is 1.70. The van der Waals surface area contributed by atoms with Gasteiger partial charge in [-0.3, -0.25) is 0 Å². The van der Waals surface area contributed by atoms with E-state index in [4.69, 9.17) is 17.3 Å². The molecule has 1 fully saturated rings. The first-order valence-corrected chi connectivity index (χ1v) is 4.78. The zero-order chi connectivity index (χ0) is 8.65. The highest BCUT2D eigenvalue weighted by molar-refractivity contribution is 6.20. The second kappa shape index (κ2) is 2.95. The summed E-state index contributed by atoms with van der Waals surface area (Å²) in [5.74, 6) is 1.48. The van der Waals surface area contributed by atoms with E-state index >= 15 is 0 Å². The van der Waals surface area contributed by atoms with Crippen LogP contribution in [0.5, 0.6) is 0 Å². The largest absolute Gasteiger partial charge is 0.330 e. The molecule has 2 N–H and O–H groups in total. The highest BCUT2D eigenvalue weighted by atomic mass is 35.5. The summed E-state index contributed by atoms with van der Waals surface area (Å²) in [5, 5.41) is 0.302. The lowest BCUT2D eigenvalue weighted by atomic mass is 10.1. The molecule has 0 unspecified atom stereocenters. The van der Waals surface area contributed by atoms with E-state index in [9.17, 15) is 0 Å². The van der Waals surface area contributed by atoms with Crippen molar-refractivity contribution in [3.63, 3.8) is 0 Å². The maximum Gasteiger partial charge on any atom is 0.0310 e.